The number of primary amides is 1. The summed E-state index contributed by atoms with van der Waals surface area (Å²) in [5.41, 5.74) is 6.19. The second-order valence-electron chi connectivity index (χ2n) is 5.18. The van der Waals surface area contributed by atoms with E-state index in [0.29, 0.717) is 10.9 Å². The van der Waals surface area contributed by atoms with Crippen LogP contribution < -0.4 is 11.1 Å². The minimum Gasteiger partial charge on any atom is -0.351 e. The summed E-state index contributed by atoms with van der Waals surface area (Å²) in [5, 5.41) is 3.28. The zero-order chi connectivity index (χ0) is 15.1. The van der Waals surface area contributed by atoms with Gasteiger partial charge in [0.2, 0.25) is 0 Å². The zero-order valence-electron chi connectivity index (χ0n) is 11.9. The number of halogens is 1. The lowest BCUT2D eigenvalue weighted by Crippen LogP contribution is -2.35. The van der Waals surface area contributed by atoms with Gasteiger partial charge in [0.05, 0.1) is 6.04 Å². The summed E-state index contributed by atoms with van der Waals surface area (Å²) < 4.78 is 0. The summed E-state index contributed by atoms with van der Waals surface area (Å²) >= 11 is 5.85. The molecular weight excluding hydrogens is 286 g/mol. The molecule has 1 aromatic rings. The van der Waals surface area contributed by atoms with E-state index in [0.717, 1.165) is 18.4 Å². The fourth-order valence-electron chi connectivity index (χ4n) is 2.40. The Morgan fingerprint density at radius 3 is 2.52 bits per heavy atom. The second kappa shape index (κ2) is 7.84. The van der Waals surface area contributed by atoms with Crippen molar-refractivity contribution < 1.29 is 4.79 Å². The van der Waals surface area contributed by atoms with Gasteiger partial charge in [0, 0.05) is 5.02 Å². The van der Waals surface area contributed by atoms with Crippen LogP contribution in [0.3, 0.4) is 0 Å². The fraction of sp³-hybridized carbons (Fsp3) is 0.375. The normalized spacial score (nSPS) is 17.1. The van der Waals surface area contributed by atoms with Crippen molar-refractivity contribution in [3.8, 4) is 0 Å². The summed E-state index contributed by atoms with van der Waals surface area (Å²) in [4.78, 5) is 15.7. The lowest BCUT2D eigenvalue weighted by Gasteiger charge is -2.18. The molecule has 21 heavy (non-hydrogen) atoms. The maximum absolute atomic E-state index is 11.1. The minimum absolute atomic E-state index is 0.274. The fourth-order valence-corrected chi connectivity index (χ4v) is 2.53. The average molecular weight is 306 g/mol. The number of rotatable bonds is 3. The Hall–Kier alpha value is -1.81. The third-order valence-corrected chi connectivity index (χ3v) is 3.70. The number of hydrogen-bond donors (Lipinski definition) is 2. The number of carbonyl (C=O) groups excluding carboxylic acids is 1. The monoisotopic (exact) mass is 305 g/mol. The highest BCUT2D eigenvalue weighted by Gasteiger charge is 2.12. The van der Waals surface area contributed by atoms with Crippen LogP contribution in [-0.2, 0) is 0 Å². The van der Waals surface area contributed by atoms with Gasteiger partial charge in [-0.2, -0.15) is 0 Å². The summed E-state index contributed by atoms with van der Waals surface area (Å²) in [6, 6.07) is 7.13. The Balaban J connectivity index is 2.09. The van der Waals surface area contributed by atoms with Crippen LogP contribution in [0.1, 0.15) is 37.7 Å². The highest BCUT2D eigenvalue weighted by atomic mass is 35.5. The number of amides is 2. The van der Waals surface area contributed by atoms with Gasteiger partial charge >= 0.3 is 6.03 Å². The molecule has 5 heteroatoms. The van der Waals surface area contributed by atoms with Gasteiger partial charge in [-0.3, -0.25) is 10.3 Å². The van der Waals surface area contributed by atoms with Crippen LogP contribution in [0.4, 0.5) is 4.79 Å². The van der Waals surface area contributed by atoms with Crippen LogP contribution in [-0.4, -0.2) is 17.9 Å². The Bertz CT molecular complexity index is 531. The smallest absolute Gasteiger partial charge is 0.317 e. The van der Waals surface area contributed by atoms with Crippen molar-refractivity contribution >= 4 is 29.5 Å². The van der Waals surface area contributed by atoms with E-state index in [2.05, 4.69) is 10.3 Å². The summed E-state index contributed by atoms with van der Waals surface area (Å²) in [5.74, 6) is 0.518. The number of carbonyl (C=O) groups is 1. The molecule has 112 valence electrons. The predicted octanol–water partition coefficient (Wildman–Crippen LogP) is 3.75. The van der Waals surface area contributed by atoms with Crippen LogP contribution in [0.15, 0.2) is 35.3 Å². The van der Waals surface area contributed by atoms with Crippen LogP contribution in [0.25, 0.3) is 6.08 Å². The van der Waals surface area contributed by atoms with E-state index >= 15 is 0 Å². The number of nitrogens with two attached hydrogens (primary N) is 1. The van der Waals surface area contributed by atoms with Crippen molar-refractivity contribution in [2.24, 2.45) is 10.7 Å². The molecule has 3 N–H and O–H groups in total. The van der Waals surface area contributed by atoms with Crippen molar-refractivity contribution in [1.29, 1.82) is 0 Å². The molecule has 1 aliphatic carbocycles. The maximum Gasteiger partial charge on any atom is 0.317 e. The van der Waals surface area contributed by atoms with E-state index in [1.807, 2.05) is 30.3 Å². The van der Waals surface area contributed by atoms with Crippen molar-refractivity contribution in [2.75, 3.05) is 0 Å². The van der Waals surface area contributed by atoms with Gasteiger partial charge in [-0.05, 0) is 36.6 Å². The van der Waals surface area contributed by atoms with Gasteiger partial charge in [0.25, 0.3) is 0 Å². The molecule has 0 aliphatic heterocycles. The first-order valence-electron chi connectivity index (χ1n) is 7.21. The molecule has 1 aromatic carbocycles. The van der Waals surface area contributed by atoms with E-state index in [1.54, 1.807) is 6.08 Å². The Kier molecular flexibility index (Phi) is 5.81. The lowest BCUT2D eigenvalue weighted by atomic mass is 9.96. The van der Waals surface area contributed by atoms with E-state index in [1.165, 1.54) is 19.3 Å². The number of nitrogens with one attached hydrogen (secondary N) is 1. The van der Waals surface area contributed by atoms with Gasteiger partial charge in [-0.25, -0.2) is 4.79 Å². The summed E-state index contributed by atoms with van der Waals surface area (Å²) in [6.07, 6.45) is 9.46. The van der Waals surface area contributed by atoms with Crippen LogP contribution in [0.5, 0.6) is 0 Å². The van der Waals surface area contributed by atoms with Gasteiger partial charge in [-0.1, -0.05) is 49.1 Å². The molecule has 0 atom stereocenters. The van der Waals surface area contributed by atoms with Crippen LogP contribution in [0, 0.1) is 0 Å². The summed E-state index contributed by atoms with van der Waals surface area (Å²) in [6.45, 7) is 0. The van der Waals surface area contributed by atoms with E-state index in [-0.39, 0.29) is 6.04 Å². The van der Waals surface area contributed by atoms with Crippen LogP contribution in [0.2, 0.25) is 5.02 Å². The molecule has 0 bridgehead atoms. The van der Waals surface area contributed by atoms with Crippen molar-refractivity contribution in [3.63, 3.8) is 0 Å². The molecular formula is C16H20ClN3O. The minimum atomic E-state index is -0.592. The molecule has 2 rings (SSSR count). The second-order valence-corrected chi connectivity index (χ2v) is 5.62. The number of aliphatic imine (C=N–C) groups is 1. The number of nitrogens with zero attached hydrogens (tertiary/aromatic N) is 1. The molecule has 0 aromatic heterocycles. The molecule has 2 amide bonds. The Labute approximate surface area is 130 Å². The molecule has 0 heterocycles. The van der Waals surface area contributed by atoms with E-state index in [4.69, 9.17) is 17.3 Å². The molecule has 1 fully saturated rings. The third kappa shape index (κ3) is 5.60. The number of urea groups is 1. The van der Waals surface area contributed by atoms with Gasteiger partial charge in [-0.15, -0.1) is 0 Å². The highest BCUT2D eigenvalue weighted by molar-refractivity contribution is 6.30. The highest BCUT2D eigenvalue weighted by Crippen LogP contribution is 2.20. The molecule has 0 radical (unpaired) electrons. The van der Waals surface area contributed by atoms with Gasteiger partial charge in [0.15, 0.2) is 0 Å². The Morgan fingerprint density at radius 1 is 1.24 bits per heavy atom. The summed E-state index contributed by atoms with van der Waals surface area (Å²) in [7, 11) is 0. The molecule has 1 saturated carbocycles. The van der Waals surface area contributed by atoms with Gasteiger partial charge < -0.3 is 5.73 Å². The molecule has 0 saturated heterocycles. The quantitative estimate of drug-likeness (QED) is 0.648. The van der Waals surface area contributed by atoms with E-state index in [9.17, 15) is 4.79 Å². The van der Waals surface area contributed by atoms with Gasteiger partial charge in [0.1, 0.15) is 5.84 Å². The SMILES string of the molecule is NC(=O)NC(/C=C/c1ccc(Cl)cc1)=NC1CCCCC1. The molecule has 1 aliphatic rings. The van der Waals surface area contributed by atoms with Crippen molar-refractivity contribution in [3.05, 3.63) is 40.9 Å². The average Bonchev–Trinajstić information content (AvgIpc) is 2.47. The largest absolute Gasteiger partial charge is 0.351 e. The molecule has 4 nitrogen and oxygen atoms in total. The maximum atomic E-state index is 11.1. The topological polar surface area (TPSA) is 67.5 Å². The first-order chi connectivity index (χ1) is 10.1. The van der Waals surface area contributed by atoms with Crippen molar-refractivity contribution in [1.82, 2.24) is 5.32 Å². The zero-order valence-corrected chi connectivity index (χ0v) is 12.6. The number of amidine groups is 1. The van der Waals surface area contributed by atoms with E-state index < -0.39 is 6.03 Å². The van der Waals surface area contributed by atoms with Crippen LogP contribution >= 0.6 is 11.6 Å². The first-order valence-corrected chi connectivity index (χ1v) is 7.59. The number of benzene rings is 1. The van der Waals surface area contributed by atoms with Crippen molar-refractivity contribution in [2.45, 2.75) is 38.1 Å². The lowest BCUT2D eigenvalue weighted by molar-refractivity contribution is 0.253. The molecule has 0 spiro atoms. The standard InChI is InChI=1S/C16H20ClN3O/c17-13-9-6-12(7-10-13)8-11-15(20-16(18)21)19-14-4-2-1-3-5-14/h6-11,14H,1-5H2,(H3,18,19,20,21)/b11-8+. The number of hydrogen-bond acceptors (Lipinski definition) is 2. The molecule has 0 unspecified atom stereocenters. The predicted molar refractivity (Wildman–Crippen MR) is 87.5 cm³/mol. The third-order valence-electron chi connectivity index (χ3n) is 3.45. The first kappa shape index (κ1) is 15.6. The Morgan fingerprint density at radius 2 is 1.90 bits per heavy atom.